The van der Waals surface area contributed by atoms with Gasteiger partial charge in [-0.05, 0) is 56.2 Å². The minimum absolute atomic E-state index is 0.0335. The summed E-state index contributed by atoms with van der Waals surface area (Å²) in [6, 6.07) is 14.1. The van der Waals surface area contributed by atoms with Crippen LogP contribution in [0.15, 0.2) is 67.3 Å². The average molecular weight is 477 g/mol. The Morgan fingerprint density at radius 3 is 2.52 bits per heavy atom. The molecular weight excluding hydrogens is 456 g/mol. The summed E-state index contributed by atoms with van der Waals surface area (Å²) in [7, 11) is -3.86. The Morgan fingerprint density at radius 2 is 1.86 bits per heavy atom. The second-order valence-corrected chi connectivity index (χ2v) is 9.77. The smallest absolute Gasteiger partial charge is 0.233 e. The Hall–Kier alpha value is -2.16. The molecule has 1 atom stereocenters. The molecule has 0 spiro atoms. The lowest BCUT2D eigenvalue weighted by Crippen LogP contribution is -2.19. The molecule has 6 nitrogen and oxygen atoms in total. The van der Waals surface area contributed by atoms with E-state index >= 15 is 0 Å². The fourth-order valence-corrected chi connectivity index (χ4v) is 4.70. The van der Waals surface area contributed by atoms with E-state index in [2.05, 4.69) is 26.2 Å². The Balaban J connectivity index is 1.73. The minimum Gasteiger partial charge on any atom is -0.419 e. The number of sulfone groups is 1. The van der Waals surface area contributed by atoms with Gasteiger partial charge in [-0.2, -0.15) is 4.98 Å². The topological polar surface area (TPSA) is 81.4 Å². The maximum absolute atomic E-state index is 13.3. The van der Waals surface area contributed by atoms with Gasteiger partial charge in [0.05, 0.1) is 11.0 Å². The van der Waals surface area contributed by atoms with Crippen LogP contribution in [0, 0.1) is 6.92 Å². The summed E-state index contributed by atoms with van der Waals surface area (Å²) in [5.41, 5.74) is 1.81. The molecule has 1 saturated heterocycles. The molecule has 0 radical (unpaired) electrons. The van der Waals surface area contributed by atoms with Crippen LogP contribution in [0.2, 0.25) is 0 Å². The first-order valence-corrected chi connectivity index (χ1v) is 11.6. The van der Waals surface area contributed by atoms with Crippen LogP contribution < -0.4 is 5.32 Å². The first kappa shape index (κ1) is 20.1. The molecule has 0 saturated carbocycles. The molecule has 0 bridgehead atoms. The standard InChI is InChI=1S/C21H21BrN2O4S/c1-14-4-6-15(7-5-14)19-24-21(20(28-19)23-13-17-3-2-12-27-17)29(25,26)18-10-8-16(22)9-11-18/h4-11,17,23H,2-3,12-13H2,1H3. The third-order valence-electron chi connectivity index (χ3n) is 4.79. The predicted molar refractivity (Wildman–Crippen MR) is 114 cm³/mol. The number of halogens is 1. The van der Waals surface area contributed by atoms with Crippen LogP contribution in [-0.2, 0) is 14.6 Å². The molecule has 3 aromatic rings. The molecule has 1 aliphatic heterocycles. The van der Waals surface area contributed by atoms with Gasteiger partial charge >= 0.3 is 0 Å². The molecule has 1 aliphatic rings. The molecule has 0 amide bonds. The van der Waals surface area contributed by atoms with Gasteiger partial charge in [-0.3, -0.25) is 0 Å². The Kier molecular flexibility index (Phi) is 5.76. The van der Waals surface area contributed by atoms with Crippen molar-refractivity contribution in [3.8, 4) is 11.5 Å². The lowest BCUT2D eigenvalue weighted by molar-refractivity contribution is 0.120. The average Bonchev–Trinajstić information content (AvgIpc) is 3.37. The number of ether oxygens (including phenoxy) is 1. The fraction of sp³-hybridized carbons (Fsp3) is 0.286. The summed E-state index contributed by atoms with van der Waals surface area (Å²) < 4.78 is 38.8. The largest absolute Gasteiger partial charge is 0.419 e. The van der Waals surface area contributed by atoms with E-state index in [1.807, 2.05) is 31.2 Å². The molecule has 1 fully saturated rings. The van der Waals surface area contributed by atoms with Crippen LogP contribution in [-0.4, -0.2) is 32.7 Å². The normalized spacial score (nSPS) is 16.8. The molecule has 1 unspecified atom stereocenters. The van der Waals surface area contributed by atoms with Crippen molar-refractivity contribution in [1.29, 1.82) is 0 Å². The summed E-state index contributed by atoms with van der Waals surface area (Å²) >= 11 is 3.33. The van der Waals surface area contributed by atoms with E-state index in [0.717, 1.165) is 29.5 Å². The third kappa shape index (κ3) is 4.39. The van der Waals surface area contributed by atoms with Crippen molar-refractivity contribution in [2.75, 3.05) is 18.5 Å². The summed E-state index contributed by atoms with van der Waals surface area (Å²) in [6.07, 6.45) is 1.97. The Morgan fingerprint density at radius 1 is 1.14 bits per heavy atom. The summed E-state index contributed by atoms with van der Waals surface area (Å²) in [5, 5.41) is 2.98. The van der Waals surface area contributed by atoms with Gasteiger partial charge in [0.15, 0.2) is 0 Å². The SMILES string of the molecule is Cc1ccc(-c2nc(S(=O)(=O)c3ccc(Br)cc3)c(NCC3CCCO3)o2)cc1. The number of anilines is 1. The lowest BCUT2D eigenvalue weighted by atomic mass is 10.1. The highest BCUT2D eigenvalue weighted by molar-refractivity contribution is 9.10. The van der Waals surface area contributed by atoms with E-state index < -0.39 is 9.84 Å². The van der Waals surface area contributed by atoms with Gasteiger partial charge in [0.2, 0.25) is 26.6 Å². The molecule has 0 aliphatic carbocycles. The van der Waals surface area contributed by atoms with E-state index in [1.165, 1.54) is 0 Å². The van der Waals surface area contributed by atoms with E-state index in [1.54, 1.807) is 24.3 Å². The lowest BCUT2D eigenvalue weighted by Gasteiger charge is -2.10. The molecular formula is C21H21BrN2O4S. The number of nitrogens with zero attached hydrogens (tertiary/aromatic N) is 1. The maximum atomic E-state index is 13.3. The molecule has 4 rings (SSSR count). The first-order valence-electron chi connectivity index (χ1n) is 9.37. The number of aryl methyl sites for hydroxylation is 1. The van der Waals surface area contributed by atoms with Crippen molar-refractivity contribution in [2.24, 2.45) is 0 Å². The van der Waals surface area contributed by atoms with Crippen molar-refractivity contribution in [1.82, 2.24) is 4.98 Å². The van der Waals surface area contributed by atoms with E-state index in [-0.39, 0.29) is 27.8 Å². The highest BCUT2D eigenvalue weighted by atomic mass is 79.9. The van der Waals surface area contributed by atoms with Crippen molar-refractivity contribution < 1.29 is 17.6 Å². The number of aromatic nitrogens is 1. The van der Waals surface area contributed by atoms with Crippen molar-refractivity contribution in [3.63, 3.8) is 0 Å². The van der Waals surface area contributed by atoms with Gasteiger partial charge < -0.3 is 14.5 Å². The van der Waals surface area contributed by atoms with E-state index in [0.29, 0.717) is 12.1 Å². The molecule has 1 N–H and O–H groups in total. The number of benzene rings is 2. The van der Waals surface area contributed by atoms with Crippen LogP contribution in [0.25, 0.3) is 11.5 Å². The molecule has 8 heteroatoms. The second-order valence-electron chi connectivity index (χ2n) is 6.99. The zero-order valence-corrected chi connectivity index (χ0v) is 18.3. The molecule has 1 aromatic heterocycles. The van der Waals surface area contributed by atoms with Crippen LogP contribution in [0.1, 0.15) is 18.4 Å². The first-order chi connectivity index (χ1) is 13.9. The van der Waals surface area contributed by atoms with E-state index in [9.17, 15) is 8.42 Å². The Labute approximate surface area is 178 Å². The molecule has 2 heterocycles. The Bertz CT molecular complexity index is 1090. The maximum Gasteiger partial charge on any atom is 0.233 e. The molecule has 29 heavy (non-hydrogen) atoms. The number of rotatable bonds is 6. The number of hydrogen-bond acceptors (Lipinski definition) is 6. The summed E-state index contributed by atoms with van der Waals surface area (Å²) in [4.78, 5) is 4.51. The quantitative estimate of drug-likeness (QED) is 0.548. The van der Waals surface area contributed by atoms with Crippen molar-refractivity contribution in [3.05, 3.63) is 58.6 Å². The van der Waals surface area contributed by atoms with Gasteiger partial charge in [-0.15, -0.1) is 0 Å². The summed E-state index contributed by atoms with van der Waals surface area (Å²) in [5.74, 6) is 0.398. The van der Waals surface area contributed by atoms with Gasteiger partial charge in [0, 0.05) is 23.2 Å². The van der Waals surface area contributed by atoms with Crippen LogP contribution in [0.3, 0.4) is 0 Å². The third-order valence-corrected chi connectivity index (χ3v) is 6.99. The van der Waals surface area contributed by atoms with E-state index in [4.69, 9.17) is 9.15 Å². The van der Waals surface area contributed by atoms with Gasteiger partial charge in [-0.25, -0.2) is 8.42 Å². The number of oxazole rings is 1. The van der Waals surface area contributed by atoms with Crippen LogP contribution >= 0.6 is 15.9 Å². The second kappa shape index (κ2) is 8.30. The van der Waals surface area contributed by atoms with Gasteiger partial charge in [-0.1, -0.05) is 33.6 Å². The number of hydrogen-bond donors (Lipinski definition) is 1. The predicted octanol–water partition coefficient (Wildman–Crippen LogP) is 4.84. The van der Waals surface area contributed by atoms with Crippen molar-refractivity contribution in [2.45, 2.75) is 35.8 Å². The highest BCUT2D eigenvalue weighted by Crippen LogP contribution is 2.33. The monoisotopic (exact) mass is 476 g/mol. The fourth-order valence-electron chi connectivity index (χ4n) is 3.16. The zero-order chi connectivity index (χ0) is 20.4. The minimum atomic E-state index is -3.86. The zero-order valence-electron chi connectivity index (χ0n) is 15.9. The number of nitrogens with one attached hydrogen (secondary N) is 1. The van der Waals surface area contributed by atoms with Gasteiger partial charge in [0.1, 0.15) is 0 Å². The van der Waals surface area contributed by atoms with Crippen LogP contribution in [0.4, 0.5) is 5.88 Å². The van der Waals surface area contributed by atoms with Crippen LogP contribution in [0.5, 0.6) is 0 Å². The highest BCUT2D eigenvalue weighted by Gasteiger charge is 2.29. The van der Waals surface area contributed by atoms with Gasteiger partial charge in [0.25, 0.3) is 0 Å². The molecule has 2 aromatic carbocycles. The summed E-state index contributed by atoms with van der Waals surface area (Å²) in [6.45, 7) is 3.17. The van der Waals surface area contributed by atoms with Crippen molar-refractivity contribution >= 4 is 31.7 Å². The molecule has 152 valence electrons.